The van der Waals surface area contributed by atoms with Crippen LogP contribution < -0.4 is 23.5 Å². The molecular weight excluding hydrogens is 563 g/mol. The van der Waals surface area contributed by atoms with Crippen molar-refractivity contribution in [1.29, 1.82) is 0 Å². The summed E-state index contributed by atoms with van der Waals surface area (Å²) in [5.41, 5.74) is 3.81. The molecule has 8 nitrogen and oxygen atoms in total. The molecule has 0 atom stereocenters. The maximum atomic E-state index is 10.5. The van der Waals surface area contributed by atoms with E-state index in [2.05, 4.69) is 23.1 Å². The van der Waals surface area contributed by atoms with Crippen LogP contribution >= 0.6 is 0 Å². The smallest absolute Gasteiger partial charge is 0.0886 e. The van der Waals surface area contributed by atoms with Gasteiger partial charge in [-0.1, -0.05) is 12.1 Å². The number of allylic oxidation sites excluding steroid dienone is 2. The fourth-order valence-electron chi connectivity index (χ4n) is 3.42. The predicted octanol–water partition coefficient (Wildman–Crippen LogP) is 3.51. The number of benzene rings is 2. The molecule has 0 aliphatic rings. The molecule has 0 aliphatic heterocycles. The summed E-state index contributed by atoms with van der Waals surface area (Å²) in [6.07, 6.45) is 8.46. The van der Waals surface area contributed by atoms with Crippen LogP contribution in [0, 0.1) is 0 Å². The van der Waals surface area contributed by atoms with Gasteiger partial charge in [-0.05, 0) is 31.2 Å². The van der Waals surface area contributed by atoms with E-state index in [1.165, 1.54) is 14.2 Å². The van der Waals surface area contributed by atoms with Crippen molar-refractivity contribution in [3.63, 3.8) is 0 Å². The first-order valence-electron chi connectivity index (χ1n) is 12.4. The van der Waals surface area contributed by atoms with Crippen LogP contribution in [0.15, 0.2) is 98.4 Å². The molecular formula is C32H33MnN2O6. The summed E-state index contributed by atoms with van der Waals surface area (Å²) in [5.74, 6) is -0.0846. The molecule has 2 N–H and O–H groups in total. The van der Waals surface area contributed by atoms with Crippen molar-refractivity contribution in [3.05, 3.63) is 109 Å². The number of phenols is 2. The second-order valence-corrected chi connectivity index (χ2v) is 9.83. The number of hydrogen-bond donors (Lipinski definition) is 2. The number of rotatable bonds is 9. The zero-order chi connectivity index (χ0) is 30.2. The van der Waals surface area contributed by atoms with Crippen molar-refractivity contribution in [1.82, 2.24) is 9.97 Å². The Bertz CT molecular complexity index is 1320. The van der Waals surface area contributed by atoms with E-state index < -0.39 is 5.97 Å². The normalized spacial score (nSPS) is 9.73. The number of aromatic hydroxyl groups is 2. The number of pyridine rings is 2. The van der Waals surface area contributed by atoms with Gasteiger partial charge in [0, 0.05) is 18.4 Å². The Morgan fingerprint density at radius 1 is 0.829 bits per heavy atom. The molecule has 214 valence electrons. The zero-order valence-corrected chi connectivity index (χ0v) is 24.4. The molecule has 0 bridgehead atoms. The van der Waals surface area contributed by atoms with Crippen molar-refractivity contribution in [2.24, 2.45) is 0 Å². The molecule has 4 rings (SSSR count). The number of nitrogens with zero attached hydrogens (tertiary/aromatic N) is 2. The summed E-state index contributed by atoms with van der Waals surface area (Å²) in [6, 6.07) is 19.0. The number of carboxylic acids is 1. The number of methoxy groups -OCH3 is 2. The van der Waals surface area contributed by atoms with E-state index in [-0.39, 0.29) is 26.5 Å². The number of hydrogen-bond acceptors (Lipinski definition) is 8. The molecule has 0 saturated carbocycles. The molecule has 2 aromatic carbocycles. The Balaban J connectivity index is 0.000000302. The average Bonchev–Trinajstić information content (AvgIpc) is 2.97. The number of carbonyl (C=O) groups excluding carboxylic acids is 1. The van der Waals surface area contributed by atoms with Gasteiger partial charge in [0.25, 0.3) is 0 Å². The van der Waals surface area contributed by atoms with Crippen LogP contribution in [-0.2, 0) is 32.6 Å². The Labute approximate surface area is 246 Å². The number of aromatic nitrogens is 2. The summed E-state index contributed by atoms with van der Waals surface area (Å²) in [4.78, 5) is 17.3. The Morgan fingerprint density at radius 3 is 1.51 bits per heavy atom. The van der Waals surface area contributed by atoms with E-state index in [9.17, 15) is 10.2 Å². The van der Waals surface area contributed by atoms with Crippen LogP contribution in [0.3, 0.4) is 0 Å². The molecule has 0 fully saturated rings. The standard InChI is InChI=1S/C10H8N2.2C10H11O2.C2H4O2.Mn/c1-3-7-11-9(5-1)10-6-2-4-8-12-10;2*1-3-4-8-5-6-9(11)10(7-8)12-2;1-2(3)4;/h1-8H;2*3,5,7,11H,1,4H2,2H3;1H3,(H,3,4);/q;;;;+1/p-1. The summed E-state index contributed by atoms with van der Waals surface area (Å²) < 4.78 is 11.9. The number of ether oxygens (including phenoxy) is 2. The van der Waals surface area contributed by atoms with Crippen LogP contribution in [0.25, 0.3) is 11.4 Å². The third kappa shape index (κ3) is 10.5. The van der Waals surface area contributed by atoms with Crippen LogP contribution in [-0.4, -0.2) is 40.4 Å². The summed E-state index contributed by atoms with van der Waals surface area (Å²) in [5, 5.41) is 29.8. The topological polar surface area (TPSA) is 125 Å². The van der Waals surface area contributed by atoms with Gasteiger partial charge in [0.15, 0.2) is 0 Å². The second kappa shape index (κ2) is 17.2. The molecule has 0 radical (unpaired) electrons. The number of carboxylic acid groups (broad SMARTS) is 1. The second-order valence-electron chi connectivity index (χ2n) is 8.26. The molecule has 9 heteroatoms. The van der Waals surface area contributed by atoms with Gasteiger partial charge in [0.05, 0.1) is 11.4 Å². The van der Waals surface area contributed by atoms with Gasteiger partial charge in [-0.25, -0.2) is 0 Å². The Kier molecular flexibility index (Phi) is 13.7. The first-order chi connectivity index (χ1) is 19.7. The molecule has 41 heavy (non-hydrogen) atoms. The molecule has 0 aliphatic carbocycles. The zero-order valence-electron chi connectivity index (χ0n) is 23.2. The monoisotopic (exact) mass is 596 g/mol. The first kappa shape index (κ1) is 32.6. The quantitative estimate of drug-likeness (QED) is 0.222. The third-order valence-corrected chi connectivity index (χ3v) is 6.71. The minimum atomic E-state index is -1.08. The maximum absolute atomic E-state index is 10.5. The molecule has 2 aromatic heterocycles. The van der Waals surface area contributed by atoms with Crippen LogP contribution in [0.1, 0.15) is 18.1 Å². The van der Waals surface area contributed by atoms with Gasteiger partial charge in [0.2, 0.25) is 0 Å². The molecule has 0 spiro atoms. The molecule has 2 heterocycles. The van der Waals surface area contributed by atoms with E-state index in [1.54, 1.807) is 36.7 Å². The maximum Gasteiger partial charge on any atom is 0.0886 e. The third-order valence-electron chi connectivity index (χ3n) is 5.17. The van der Waals surface area contributed by atoms with Crippen molar-refractivity contribution in [2.75, 3.05) is 14.2 Å². The van der Waals surface area contributed by atoms with Gasteiger partial charge >= 0.3 is 154 Å². The van der Waals surface area contributed by atoms with Crippen molar-refractivity contribution < 1.29 is 44.5 Å². The summed E-state index contributed by atoms with van der Waals surface area (Å²) >= 11 is 0.00865. The number of carbonyl (C=O) groups is 1. The fraction of sp³-hybridized carbons (Fsp3) is 0.156. The van der Waals surface area contributed by atoms with E-state index in [4.69, 9.17) is 19.4 Å². The van der Waals surface area contributed by atoms with Crippen LogP contribution in [0.4, 0.5) is 0 Å². The van der Waals surface area contributed by atoms with Gasteiger partial charge in [-0.15, -0.1) is 0 Å². The first-order valence-corrected chi connectivity index (χ1v) is 13.6. The van der Waals surface area contributed by atoms with E-state index in [0.717, 1.165) is 29.4 Å². The van der Waals surface area contributed by atoms with Crippen molar-refractivity contribution >= 4 is 14.9 Å². The Hall–Kier alpha value is -4.59. The molecule has 0 saturated heterocycles. The van der Waals surface area contributed by atoms with E-state index in [0.29, 0.717) is 33.3 Å². The molecule has 0 amide bonds. The van der Waals surface area contributed by atoms with Gasteiger partial charge in [0.1, 0.15) is 0 Å². The largest absolute Gasteiger partial charge is 0.550 e. The van der Waals surface area contributed by atoms with E-state index in [1.807, 2.05) is 48.5 Å². The Morgan fingerprint density at radius 2 is 1.22 bits per heavy atom. The van der Waals surface area contributed by atoms with Gasteiger partial charge < -0.3 is 9.90 Å². The number of phenolic OH excluding ortho intramolecular Hbond substituents is 2. The van der Waals surface area contributed by atoms with E-state index >= 15 is 0 Å². The summed E-state index contributed by atoms with van der Waals surface area (Å²) in [7, 11) is 3.04. The minimum absolute atomic E-state index is 0.00865. The molecule has 0 unspecified atom stereocenters. The van der Waals surface area contributed by atoms with Crippen molar-refractivity contribution in [2.45, 2.75) is 19.8 Å². The van der Waals surface area contributed by atoms with Crippen LogP contribution in [0.5, 0.6) is 23.0 Å². The predicted molar refractivity (Wildman–Crippen MR) is 155 cm³/mol. The van der Waals surface area contributed by atoms with Crippen LogP contribution in [0.2, 0.25) is 0 Å². The summed E-state index contributed by atoms with van der Waals surface area (Å²) in [6.45, 7) is 8.47. The molecule has 4 aromatic rings. The minimum Gasteiger partial charge on any atom is -0.550 e. The average molecular weight is 597 g/mol. The van der Waals surface area contributed by atoms with Gasteiger partial charge in [-0.2, -0.15) is 0 Å². The number of aliphatic carboxylic acids is 1. The fourth-order valence-corrected chi connectivity index (χ4v) is 4.94. The SMILES string of the molecule is C=CCc1cc(OC)c(O)[c]([Mn+][c]2cc(CC=C)cc(OC)c2O)c1.CC(=O)[O-].c1ccc(-c2ccccn2)nc1. The van der Waals surface area contributed by atoms with Gasteiger partial charge in [-0.3, -0.25) is 9.97 Å². The van der Waals surface area contributed by atoms with Crippen molar-refractivity contribution in [3.8, 4) is 34.4 Å².